The lowest BCUT2D eigenvalue weighted by Gasteiger charge is -2.21. The van der Waals surface area contributed by atoms with Crippen molar-refractivity contribution in [3.05, 3.63) is 0 Å². The first-order valence-corrected chi connectivity index (χ1v) is 7.57. The second kappa shape index (κ2) is 5.87. The molecule has 0 aliphatic carbocycles. The van der Waals surface area contributed by atoms with Crippen molar-refractivity contribution in [1.29, 1.82) is 0 Å². The van der Waals surface area contributed by atoms with Gasteiger partial charge in [-0.3, -0.25) is 4.79 Å². The summed E-state index contributed by atoms with van der Waals surface area (Å²) in [6.45, 7) is 5.16. The molecule has 0 aliphatic heterocycles. The van der Waals surface area contributed by atoms with Crippen LogP contribution < -0.4 is 5.32 Å². The fraction of sp³-hybridized carbons (Fsp3) is 0.900. The highest BCUT2D eigenvalue weighted by Crippen LogP contribution is 2.15. The molecular weight excluding hydrogens is 250 g/mol. The monoisotopic (exact) mass is 269 g/mol. The predicted octanol–water partition coefficient (Wildman–Crippen LogP) is 1.33. The van der Waals surface area contributed by atoms with Crippen molar-refractivity contribution >= 4 is 27.3 Å². The van der Waals surface area contributed by atoms with Crippen LogP contribution >= 0.6 is 11.6 Å². The zero-order chi connectivity index (χ0) is 13.0. The van der Waals surface area contributed by atoms with E-state index < -0.39 is 20.5 Å². The molecule has 1 atom stereocenters. The molecule has 1 unspecified atom stereocenters. The SMILES string of the molecule is CCC(Cl)CCNC(=O)C(C)(C)S(C)(=O)=O. The minimum absolute atomic E-state index is 0.0154. The minimum atomic E-state index is -3.40. The summed E-state index contributed by atoms with van der Waals surface area (Å²) < 4.78 is 21.3. The van der Waals surface area contributed by atoms with Gasteiger partial charge in [0.15, 0.2) is 9.84 Å². The Morgan fingerprint density at radius 2 is 1.94 bits per heavy atom. The van der Waals surface area contributed by atoms with Gasteiger partial charge in [0.1, 0.15) is 4.75 Å². The smallest absolute Gasteiger partial charge is 0.240 e. The Labute approximate surface area is 103 Å². The number of sulfone groups is 1. The van der Waals surface area contributed by atoms with Crippen LogP contribution in [0.1, 0.15) is 33.6 Å². The summed E-state index contributed by atoms with van der Waals surface area (Å²) in [7, 11) is -3.40. The minimum Gasteiger partial charge on any atom is -0.355 e. The van der Waals surface area contributed by atoms with E-state index in [4.69, 9.17) is 11.6 Å². The number of hydrogen-bond acceptors (Lipinski definition) is 3. The van der Waals surface area contributed by atoms with Gasteiger partial charge in [-0.05, 0) is 26.7 Å². The maximum atomic E-state index is 11.6. The molecule has 4 nitrogen and oxygen atoms in total. The summed E-state index contributed by atoms with van der Waals surface area (Å²) in [4.78, 5) is 11.6. The number of alkyl halides is 1. The van der Waals surface area contributed by atoms with Crippen LogP contribution in [0.15, 0.2) is 0 Å². The Hall–Kier alpha value is -0.290. The van der Waals surface area contributed by atoms with Crippen LogP contribution in [0.2, 0.25) is 0 Å². The molecule has 0 aromatic rings. The van der Waals surface area contributed by atoms with Gasteiger partial charge in [0.25, 0.3) is 0 Å². The summed E-state index contributed by atoms with van der Waals surface area (Å²) >= 11 is 5.88. The molecule has 1 N–H and O–H groups in total. The van der Waals surface area contributed by atoms with E-state index in [1.54, 1.807) is 0 Å². The lowest BCUT2D eigenvalue weighted by molar-refractivity contribution is -0.122. The third-order valence-electron chi connectivity index (χ3n) is 2.66. The summed E-state index contributed by atoms with van der Waals surface area (Å²) in [5, 5.41) is 2.61. The molecule has 0 rings (SSSR count). The van der Waals surface area contributed by atoms with Crippen molar-refractivity contribution < 1.29 is 13.2 Å². The molecule has 0 spiro atoms. The standard InChI is InChI=1S/C10H20ClNO3S/c1-5-8(11)6-7-12-9(13)10(2,3)16(4,14)15/h8H,5-7H2,1-4H3,(H,12,13). The molecule has 0 radical (unpaired) electrons. The number of carbonyl (C=O) groups is 1. The summed E-state index contributed by atoms with van der Waals surface area (Å²) in [6.07, 6.45) is 2.53. The van der Waals surface area contributed by atoms with Crippen LogP contribution in [-0.2, 0) is 14.6 Å². The van der Waals surface area contributed by atoms with E-state index in [0.717, 1.165) is 12.7 Å². The molecule has 0 aromatic heterocycles. The number of carbonyl (C=O) groups excluding carboxylic acids is 1. The third-order valence-corrected chi connectivity index (χ3v) is 5.23. The van der Waals surface area contributed by atoms with Gasteiger partial charge in [-0.2, -0.15) is 0 Å². The lowest BCUT2D eigenvalue weighted by atomic mass is 10.2. The van der Waals surface area contributed by atoms with E-state index in [2.05, 4.69) is 5.32 Å². The first-order chi connectivity index (χ1) is 7.13. The van der Waals surface area contributed by atoms with Gasteiger partial charge in [-0.1, -0.05) is 6.92 Å². The number of rotatable bonds is 6. The van der Waals surface area contributed by atoms with Crippen LogP contribution in [0.4, 0.5) is 0 Å². The highest BCUT2D eigenvalue weighted by molar-refractivity contribution is 7.92. The first-order valence-electron chi connectivity index (χ1n) is 5.25. The van der Waals surface area contributed by atoms with E-state index in [1.165, 1.54) is 13.8 Å². The maximum Gasteiger partial charge on any atom is 0.240 e. The van der Waals surface area contributed by atoms with Gasteiger partial charge in [0, 0.05) is 18.2 Å². The molecule has 1 amide bonds. The Morgan fingerprint density at radius 3 is 2.31 bits per heavy atom. The van der Waals surface area contributed by atoms with Gasteiger partial charge in [0.05, 0.1) is 0 Å². The van der Waals surface area contributed by atoms with Crippen molar-refractivity contribution in [2.45, 2.75) is 43.7 Å². The zero-order valence-electron chi connectivity index (χ0n) is 10.2. The quantitative estimate of drug-likeness (QED) is 0.740. The molecule has 0 saturated heterocycles. The molecule has 0 fully saturated rings. The molecule has 0 saturated carbocycles. The Kier molecular flexibility index (Phi) is 5.76. The van der Waals surface area contributed by atoms with E-state index in [1.807, 2.05) is 6.92 Å². The van der Waals surface area contributed by atoms with Gasteiger partial charge in [-0.25, -0.2) is 8.42 Å². The number of amides is 1. The summed E-state index contributed by atoms with van der Waals surface area (Å²) in [5.74, 6) is -0.477. The molecule has 0 aliphatic rings. The largest absolute Gasteiger partial charge is 0.355 e. The van der Waals surface area contributed by atoms with Crippen LogP contribution in [0.25, 0.3) is 0 Å². The molecule has 96 valence electrons. The topological polar surface area (TPSA) is 63.2 Å². The Morgan fingerprint density at radius 1 is 1.44 bits per heavy atom. The second-order valence-corrected chi connectivity index (χ2v) is 7.51. The average molecular weight is 270 g/mol. The molecule has 0 aromatic carbocycles. The van der Waals surface area contributed by atoms with Crippen molar-refractivity contribution in [1.82, 2.24) is 5.32 Å². The maximum absolute atomic E-state index is 11.6. The van der Waals surface area contributed by atoms with E-state index >= 15 is 0 Å². The Balaban J connectivity index is 4.28. The molecule has 0 heterocycles. The lowest BCUT2D eigenvalue weighted by Crippen LogP contribution is -2.48. The van der Waals surface area contributed by atoms with Crippen molar-refractivity contribution in [2.75, 3.05) is 12.8 Å². The summed E-state index contributed by atoms with van der Waals surface area (Å²) in [6, 6.07) is 0. The van der Waals surface area contributed by atoms with E-state index in [9.17, 15) is 13.2 Å². The van der Waals surface area contributed by atoms with Crippen molar-refractivity contribution in [3.8, 4) is 0 Å². The molecule has 6 heteroatoms. The highest BCUT2D eigenvalue weighted by atomic mass is 35.5. The van der Waals surface area contributed by atoms with Gasteiger partial charge < -0.3 is 5.32 Å². The second-order valence-electron chi connectivity index (χ2n) is 4.33. The Bertz CT molecular complexity index is 338. The van der Waals surface area contributed by atoms with Crippen LogP contribution in [0, 0.1) is 0 Å². The van der Waals surface area contributed by atoms with Gasteiger partial charge in [-0.15, -0.1) is 11.6 Å². The van der Waals surface area contributed by atoms with Crippen LogP contribution in [-0.4, -0.2) is 37.2 Å². The van der Waals surface area contributed by atoms with E-state index in [0.29, 0.717) is 13.0 Å². The predicted molar refractivity (Wildman–Crippen MR) is 66.5 cm³/mol. The number of halogens is 1. The first kappa shape index (κ1) is 15.7. The van der Waals surface area contributed by atoms with E-state index in [-0.39, 0.29) is 5.38 Å². The normalized spacial score (nSPS) is 14.6. The van der Waals surface area contributed by atoms with Crippen LogP contribution in [0.5, 0.6) is 0 Å². The van der Waals surface area contributed by atoms with Crippen molar-refractivity contribution in [2.24, 2.45) is 0 Å². The zero-order valence-corrected chi connectivity index (χ0v) is 11.8. The summed E-state index contributed by atoms with van der Waals surface area (Å²) in [5.41, 5.74) is 0. The fourth-order valence-electron chi connectivity index (χ4n) is 0.928. The highest BCUT2D eigenvalue weighted by Gasteiger charge is 2.38. The molecule has 16 heavy (non-hydrogen) atoms. The van der Waals surface area contributed by atoms with Crippen LogP contribution in [0.3, 0.4) is 0 Å². The fourth-order valence-corrected chi connectivity index (χ4v) is 1.45. The molecular formula is C10H20ClNO3S. The van der Waals surface area contributed by atoms with Gasteiger partial charge in [0.2, 0.25) is 5.91 Å². The van der Waals surface area contributed by atoms with Crippen molar-refractivity contribution in [3.63, 3.8) is 0 Å². The molecule has 0 bridgehead atoms. The van der Waals surface area contributed by atoms with Gasteiger partial charge >= 0.3 is 0 Å². The number of nitrogens with one attached hydrogen (secondary N) is 1. The third kappa shape index (κ3) is 4.29. The average Bonchev–Trinajstić information content (AvgIpc) is 2.15. The number of hydrogen-bond donors (Lipinski definition) is 1.